The van der Waals surface area contributed by atoms with E-state index in [-0.39, 0.29) is 5.97 Å². The second-order valence-corrected chi connectivity index (χ2v) is 7.46. The number of hydrogen-bond acceptors (Lipinski definition) is 4. The third-order valence-electron chi connectivity index (χ3n) is 5.69. The lowest BCUT2D eigenvalue weighted by Crippen LogP contribution is -2.53. The molecule has 0 aromatic rings. The van der Waals surface area contributed by atoms with Crippen LogP contribution in [0.4, 0.5) is 0 Å². The first kappa shape index (κ1) is 15.3. The van der Waals surface area contributed by atoms with Gasteiger partial charge in [-0.2, -0.15) is 0 Å². The van der Waals surface area contributed by atoms with Crippen LogP contribution in [0.1, 0.15) is 58.3 Å². The zero-order chi connectivity index (χ0) is 14.9. The third-order valence-corrected chi connectivity index (χ3v) is 5.69. The van der Waals surface area contributed by atoms with Crippen LogP contribution in [-0.2, 0) is 9.53 Å². The molecule has 0 amide bonds. The van der Waals surface area contributed by atoms with Crippen molar-refractivity contribution in [3.8, 4) is 0 Å². The van der Waals surface area contributed by atoms with E-state index in [2.05, 4.69) is 17.1 Å². The van der Waals surface area contributed by atoms with Crippen LogP contribution in [-0.4, -0.2) is 48.7 Å². The van der Waals surface area contributed by atoms with Gasteiger partial charge in [0.1, 0.15) is 5.54 Å². The number of likely N-dealkylation sites (tertiary alicyclic amines) is 1. The normalized spacial score (nSPS) is 38.2. The molecule has 3 unspecified atom stereocenters. The summed E-state index contributed by atoms with van der Waals surface area (Å²) in [6.07, 6.45) is 9.39. The highest BCUT2D eigenvalue weighted by Gasteiger charge is 2.49. The van der Waals surface area contributed by atoms with Crippen molar-refractivity contribution in [2.75, 3.05) is 20.2 Å². The highest BCUT2D eigenvalue weighted by atomic mass is 16.5. The van der Waals surface area contributed by atoms with Crippen LogP contribution >= 0.6 is 0 Å². The smallest absolute Gasteiger partial charge is 0.326 e. The van der Waals surface area contributed by atoms with E-state index in [1.54, 1.807) is 0 Å². The molecule has 0 spiro atoms. The number of carbonyl (C=O) groups excluding carboxylic acids is 1. The molecule has 4 nitrogen and oxygen atoms in total. The van der Waals surface area contributed by atoms with Crippen LogP contribution in [0.5, 0.6) is 0 Å². The summed E-state index contributed by atoms with van der Waals surface area (Å²) in [5.41, 5.74) is -0.404. The molecule has 21 heavy (non-hydrogen) atoms. The maximum Gasteiger partial charge on any atom is 0.326 e. The molecule has 0 bridgehead atoms. The average molecular weight is 294 g/mol. The minimum absolute atomic E-state index is 0.0416. The number of nitrogens with one attached hydrogen (secondary N) is 1. The van der Waals surface area contributed by atoms with Gasteiger partial charge in [0.05, 0.1) is 7.11 Å². The number of ether oxygens (including phenoxy) is 1. The van der Waals surface area contributed by atoms with Gasteiger partial charge in [0, 0.05) is 12.1 Å². The Labute approximate surface area is 128 Å². The summed E-state index contributed by atoms with van der Waals surface area (Å²) in [4.78, 5) is 15.0. The van der Waals surface area contributed by atoms with Crippen molar-refractivity contribution < 1.29 is 9.53 Å². The molecule has 1 saturated heterocycles. The zero-order valence-electron chi connectivity index (χ0n) is 13.6. The van der Waals surface area contributed by atoms with Gasteiger partial charge >= 0.3 is 5.97 Å². The summed E-state index contributed by atoms with van der Waals surface area (Å²) < 4.78 is 5.12. The van der Waals surface area contributed by atoms with E-state index in [4.69, 9.17) is 4.74 Å². The molecule has 1 aliphatic heterocycles. The van der Waals surface area contributed by atoms with Crippen molar-refractivity contribution in [2.45, 2.75) is 75.9 Å². The van der Waals surface area contributed by atoms with Crippen molar-refractivity contribution in [3.63, 3.8) is 0 Å². The molecule has 1 N–H and O–H groups in total. The summed E-state index contributed by atoms with van der Waals surface area (Å²) in [6, 6.07) is 1.10. The number of carbonyl (C=O) groups is 1. The molecular weight excluding hydrogens is 264 g/mol. The maximum absolute atomic E-state index is 12.3. The number of methoxy groups -OCH3 is 1. The van der Waals surface area contributed by atoms with E-state index in [9.17, 15) is 4.79 Å². The number of rotatable bonds is 4. The van der Waals surface area contributed by atoms with Crippen LogP contribution in [0.25, 0.3) is 0 Å². The summed E-state index contributed by atoms with van der Waals surface area (Å²) >= 11 is 0. The van der Waals surface area contributed by atoms with Crippen molar-refractivity contribution in [1.29, 1.82) is 0 Å². The minimum Gasteiger partial charge on any atom is -0.468 e. The lowest BCUT2D eigenvalue weighted by molar-refractivity contribution is -0.148. The van der Waals surface area contributed by atoms with E-state index in [1.165, 1.54) is 52.3 Å². The summed E-state index contributed by atoms with van der Waals surface area (Å²) in [6.45, 7) is 4.77. The van der Waals surface area contributed by atoms with Gasteiger partial charge in [0.25, 0.3) is 0 Å². The molecule has 1 heterocycles. The molecule has 120 valence electrons. The zero-order valence-corrected chi connectivity index (χ0v) is 13.6. The second-order valence-electron chi connectivity index (χ2n) is 7.46. The predicted octanol–water partition coefficient (Wildman–Crippen LogP) is 2.32. The Morgan fingerprint density at radius 2 is 2.00 bits per heavy atom. The molecule has 2 aliphatic carbocycles. The Morgan fingerprint density at radius 3 is 2.71 bits per heavy atom. The largest absolute Gasteiger partial charge is 0.468 e. The fourth-order valence-electron chi connectivity index (χ4n) is 4.17. The SMILES string of the molecule is COC(=O)C1(NC2CC2)CCC(N2CCCC(C)CC2)C1. The van der Waals surface area contributed by atoms with Crippen molar-refractivity contribution in [3.05, 3.63) is 0 Å². The van der Waals surface area contributed by atoms with Crippen LogP contribution in [0.2, 0.25) is 0 Å². The van der Waals surface area contributed by atoms with Crippen molar-refractivity contribution in [1.82, 2.24) is 10.2 Å². The Bertz CT molecular complexity index is 383. The summed E-state index contributed by atoms with van der Waals surface area (Å²) in [5.74, 6) is 0.812. The van der Waals surface area contributed by atoms with Crippen LogP contribution in [0, 0.1) is 5.92 Å². The van der Waals surface area contributed by atoms with E-state index < -0.39 is 5.54 Å². The van der Waals surface area contributed by atoms with Crippen LogP contribution in [0.3, 0.4) is 0 Å². The molecule has 3 fully saturated rings. The minimum atomic E-state index is -0.404. The van der Waals surface area contributed by atoms with Gasteiger partial charge in [-0.25, -0.2) is 0 Å². The monoisotopic (exact) mass is 294 g/mol. The van der Waals surface area contributed by atoms with Crippen molar-refractivity contribution >= 4 is 5.97 Å². The van der Waals surface area contributed by atoms with Gasteiger partial charge in [-0.3, -0.25) is 10.1 Å². The Morgan fingerprint density at radius 1 is 1.19 bits per heavy atom. The van der Waals surface area contributed by atoms with E-state index >= 15 is 0 Å². The fourth-order valence-corrected chi connectivity index (χ4v) is 4.17. The van der Waals surface area contributed by atoms with E-state index in [0.29, 0.717) is 12.1 Å². The quantitative estimate of drug-likeness (QED) is 0.808. The number of hydrogen-bond donors (Lipinski definition) is 1. The van der Waals surface area contributed by atoms with E-state index in [1.807, 2.05) is 0 Å². The van der Waals surface area contributed by atoms with Gasteiger partial charge < -0.3 is 9.64 Å². The van der Waals surface area contributed by atoms with Gasteiger partial charge in [0.15, 0.2) is 0 Å². The van der Waals surface area contributed by atoms with Gasteiger partial charge in [-0.15, -0.1) is 0 Å². The lowest BCUT2D eigenvalue weighted by atomic mass is 9.96. The van der Waals surface area contributed by atoms with Gasteiger partial charge in [0.2, 0.25) is 0 Å². The molecule has 3 atom stereocenters. The molecule has 2 saturated carbocycles. The molecule has 0 aromatic carbocycles. The van der Waals surface area contributed by atoms with Gasteiger partial charge in [-0.05, 0) is 70.4 Å². The topological polar surface area (TPSA) is 41.6 Å². The molecular formula is C17H30N2O2. The Kier molecular flexibility index (Phi) is 4.55. The maximum atomic E-state index is 12.3. The third kappa shape index (κ3) is 3.42. The number of esters is 1. The standard InChI is InChI=1S/C17H30N2O2/c1-13-4-3-10-19(11-8-13)15-7-9-17(12-15,16(20)21-2)18-14-5-6-14/h13-15,18H,3-12H2,1-2H3. The first-order chi connectivity index (χ1) is 10.1. The van der Waals surface area contributed by atoms with Gasteiger partial charge in [-0.1, -0.05) is 6.92 Å². The Hall–Kier alpha value is -0.610. The highest BCUT2D eigenvalue weighted by molar-refractivity contribution is 5.81. The summed E-state index contributed by atoms with van der Waals surface area (Å²) in [5, 5.41) is 3.61. The summed E-state index contributed by atoms with van der Waals surface area (Å²) in [7, 11) is 1.53. The first-order valence-corrected chi connectivity index (χ1v) is 8.73. The fraction of sp³-hybridized carbons (Fsp3) is 0.941. The van der Waals surface area contributed by atoms with Crippen LogP contribution < -0.4 is 5.32 Å². The number of nitrogens with zero attached hydrogens (tertiary/aromatic N) is 1. The predicted molar refractivity (Wildman–Crippen MR) is 83.1 cm³/mol. The van der Waals surface area contributed by atoms with Crippen molar-refractivity contribution in [2.24, 2.45) is 5.92 Å². The highest BCUT2D eigenvalue weighted by Crippen LogP contribution is 2.38. The van der Waals surface area contributed by atoms with E-state index in [0.717, 1.165) is 25.2 Å². The first-order valence-electron chi connectivity index (χ1n) is 8.73. The second kappa shape index (κ2) is 6.25. The molecule has 3 aliphatic rings. The molecule has 0 radical (unpaired) electrons. The average Bonchev–Trinajstić information content (AvgIpc) is 3.23. The Balaban J connectivity index is 1.65. The molecule has 4 heteroatoms. The molecule has 0 aromatic heterocycles. The lowest BCUT2D eigenvalue weighted by Gasteiger charge is -2.31. The molecule has 3 rings (SSSR count). The van der Waals surface area contributed by atoms with Crippen LogP contribution in [0.15, 0.2) is 0 Å².